The molecule has 7 nitrogen and oxygen atoms in total. The van der Waals surface area contributed by atoms with Gasteiger partial charge >= 0.3 is 0 Å². The minimum Gasteiger partial charge on any atom is -0.356 e. The first kappa shape index (κ1) is 21.8. The number of nitrogens with zero attached hydrogens (tertiary/aromatic N) is 2. The van der Waals surface area contributed by atoms with Crippen LogP contribution < -0.4 is 15.8 Å². The van der Waals surface area contributed by atoms with E-state index in [2.05, 4.69) is 20.6 Å². The third kappa shape index (κ3) is 7.26. The van der Waals surface area contributed by atoms with Crippen LogP contribution >= 0.6 is 35.3 Å². The van der Waals surface area contributed by atoms with Crippen LogP contribution in [0, 0.1) is 6.92 Å². The first-order valence-corrected chi connectivity index (χ1v) is 9.72. The van der Waals surface area contributed by atoms with Gasteiger partial charge < -0.3 is 10.6 Å². The van der Waals surface area contributed by atoms with Crippen LogP contribution in [0.5, 0.6) is 0 Å². The molecule has 0 aliphatic rings. The summed E-state index contributed by atoms with van der Waals surface area (Å²) in [6.45, 7) is 3.32. The van der Waals surface area contributed by atoms with Crippen molar-refractivity contribution in [3.63, 3.8) is 0 Å². The number of halogens is 1. The molecule has 1 aromatic heterocycles. The van der Waals surface area contributed by atoms with Crippen molar-refractivity contribution in [1.82, 2.24) is 15.6 Å². The molecule has 0 unspecified atom stereocenters. The minimum absolute atomic E-state index is 0. The number of hydrogen-bond acceptors (Lipinski definition) is 5. The molecule has 25 heavy (non-hydrogen) atoms. The molecule has 0 bridgehead atoms. The Hall–Kier alpha value is -1.24. The van der Waals surface area contributed by atoms with Crippen LogP contribution in [0.4, 0.5) is 0 Å². The lowest BCUT2D eigenvalue weighted by Crippen LogP contribution is -2.37. The van der Waals surface area contributed by atoms with Crippen molar-refractivity contribution in [3.8, 4) is 0 Å². The zero-order valence-electron chi connectivity index (χ0n) is 14.0. The maximum atomic E-state index is 11.2. The van der Waals surface area contributed by atoms with Gasteiger partial charge in [-0.2, -0.15) is 0 Å². The third-order valence-electron chi connectivity index (χ3n) is 3.26. The smallest absolute Gasteiger partial charge is 0.238 e. The van der Waals surface area contributed by atoms with Gasteiger partial charge in [-0.3, -0.25) is 4.99 Å². The second-order valence-corrected chi connectivity index (χ2v) is 8.04. The molecule has 2 rings (SSSR count). The zero-order valence-corrected chi connectivity index (χ0v) is 18.0. The Bertz CT molecular complexity index is 804. The van der Waals surface area contributed by atoms with E-state index in [1.54, 1.807) is 30.5 Å². The number of aryl methyl sites for hydroxylation is 1. The van der Waals surface area contributed by atoms with E-state index in [1.165, 1.54) is 17.0 Å². The van der Waals surface area contributed by atoms with Gasteiger partial charge in [-0.25, -0.2) is 18.5 Å². The van der Waals surface area contributed by atoms with Gasteiger partial charge in [-0.1, -0.05) is 12.1 Å². The molecule has 1 heterocycles. The number of hydrogen-bond donors (Lipinski definition) is 3. The van der Waals surface area contributed by atoms with Gasteiger partial charge in [0.25, 0.3) is 0 Å². The number of rotatable bonds is 6. The standard InChI is InChI=1S/C15H21N5O2S2.HI/c1-11-9-19-14(23-11)10-20-15(17-2)18-8-7-12-3-5-13(6-4-12)24(16,21)22;/h3-6,9H,7-8,10H2,1-2H3,(H2,16,21,22)(H2,17,18,20);1H. The van der Waals surface area contributed by atoms with E-state index in [4.69, 9.17) is 5.14 Å². The van der Waals surface area contributed by atoms with Gasteiger partial charge in [0.15, 0.2) is 5.96 Å². The summed E-state index contributed by atoms with van der Waals surface area (Å²) in [4.78, 5) is 9.75. The van der Waals surface area contributed by atoms with Crippen molar-refractivity contribution in [2.24, 2.45) is 10.1 Å². The van der Waals surface area contributed by atoms with Crippen molar-refractivity contribution in [2.45, 2.75) is 24.8 Å². The topological polar surface area (TPSA) is 109 Å². The molecule has 0 aliphatic heterocycles. The molecule has 0 saturated heterocycles. The molecule has 4 N–H and O–H groups in total. The van der Waals surface area contributed by atoms with Gasteiger partial charge in [0.2, 0.25) is 10.0 Å². The van der Waals surface area contributed by atoms with Crippen LogP contribution in [-0.4, -0.2) is 33.0 Å². The highest BCUT2D eigenvalue weighted by molar-refractivity contribution is 14.0. The summed E-state index contributed by atoms with van der Waals surface area (Å²) >= 11 is 1.65. The van der Waals surface area contributed by atoms with Crippen LogP contribution in [0.15, 0.2) is 40.4 Å². The molecule has 1 aromatic carbocycles. The number of aliphatic imine (C=N–C) groups is 1. The Labute approximate surface area is 169 Å². The summed E-state index contributed by atoms with van der Waals surface area (Å²) in [6.07, 6.45) is 2.59. The lowest BCUT2D eigenvalue weighted by Gasteiger charge is -2.11. The summed E-state index contributed by atoms with van der Waals surface area (Å²) in [5, 5.41) is 12.5. The number of nitrogens with two attached hydrogens (primary N) is 1. The number of nitrogens with one attached hydrogen (secondary N) is 2. The normalized spacial score (nSPS) is 11.7. The van der Waals surface area contributed by atoms with Crippen LogP contribution in [-0.2, 0) is 23.0 Å². The number of guanidine groups is 1. The van der Waals surface area contributed by atoms with E-state index in [0.717, 1.165) is 17.0 Å². The highest BCUT2D eigenvalue weighted by atomic mass is 127. The zero-order chi connectivity index (χ0) is 17.6. The predicted molar refractivity (Wildman–Crippen MR) is 112 cm³/mol. The average molecular weight is 495 g/mol. The number of primary sulfonamides is 1. The molecule has 0 saturated carbocycles. The SMILES string of the molecule is CN=C(NCCc1ccc(S(N)(=O)=O)cc1)NCc1ncc(C)s1.I. The molecule has 0 spiro atoms. The van der Waals surface area contributed by atoms with Crippen molar-refractivity contribution >= 4 is 51.3 Å². The van der Waals surface area contributed by atoms with Crippen LogP contribution in [0.2, 0.25) is 0 Å². The molecule has 138 valence electrons. The molecule has 2 aromatic rings. The second-order valence-electron chi connectivity index (χ2n) is 5.16. The summed E-state index contributed by atoms with van der Waals surface area (Å²) in [6, 6.07) is 6.55. The van der Waals surface area contributed by atoms with E-state index in [1.807, 2.05) is 13.1 Å². The second kappa shape index (κ2) is 10.0. The Morgan fingerprint density at radius 2 is 1.96 bits per heavy atom. The maximum absolute atomic E-state index is 11.2. The highest BCUT2D eigenvalue weighted by Gasteiger charge is 2.07. The molecule has 10 heteroatoms. The van der Waals surface area contributed by atoms with Crippen LogP contribution in [0.25, 0.3) is 0 Å². The Morgan fingerprint density at radius 1 is 1.28 bits per heavy atom. The molecule has 0 amide bonds. The fourth-order valence-corrected chi connectivity index (χ4v) is 3.28. The highest BCUT2D eigenvalue weighted by Crippen LogP contribution is 2.10. The van der Waals surface area contributed by atoms with Crippen molar-refractivity contribution in [2.75, 3.05) is 13.6 Å². The fourth-order valence-electron chi connectivity index (χ4n) is 2.03. The molecule has 0 radical (unpaired) electrons. The maximum Gasteiger partial charge on any atom is 0.238 e. The first-order chi connectivity index (χ1) is 11.4. The molecule has 0 aliphatic carbocycles. The van der Waals surface area contributed by atoms with E-state index in [-0.39, 0.29) is 28.9 Å². The van der Waals surface area contributed by atoms with E-state index in [0.29, 0.717) is 19.0 Å². The number of sulfonamides is 1. The van der Waals surface area contributed by atoms with Gasteiger partial charge in [0.1, 0.15) is 5.01 Å². The molecule has 0 atom stereocenters. The quantitative estimate of drug-likeness (QED) is 0.321. The largest absolute Gasteiger partial charge is 0.356 e. The van der Waals surface area contributed by atoms with Crippen LogP contribution in [0.1, 0.15) is 15.4 Å². The minimum atomic E-state index is -3.64. The summed E-state index contributed by atoms with van der Waals surface area (Å²) in [5.41, 5.74) is 1.01. The molecular weight excluding hydrogens is 473 g/mol. The van der Waals surface area contributed by atoms with Crippen molar-refractivity contribution in [1.29, 1.82) is 0 Å². The fraction of sp³-hybridized carbons (Fsp3) is 0.333. The van der Waals surface area contributed by atoms with Gasteiger partial charge in [-0.15, -0.1) is 35.3 Å². The summed E-state index contributed by atoms with van der Waals surface area (Å²) < 4.78 is 22.4. The van der Waals surface area contributed by atoms with Crippen LogP contribution in [0.3, 0.4) is 0 Å². The lowest BCUT2D eigenvalue weighted by atomic mass is 10.1. The Morgan fingerprint density at radius 3 is 2.48 bits per heavy atom. The number of benzene rings is 1. The Kier molecular flexibility index (Phi) is 8.76. The monoisotopic (exact) mass is 495 g/mol. The molecule has 0 fully saturated rings. The summed E-state index contributed by atoms with van der Waals surface area (Å²) in [5.74, 6) is 0.698. The third-order valence-corrected chi connectivity index (χ3v) is 5.10. The Balaban J connectivity index is 0.00000312. The average Bonchev–Trinajstić information content (AvgIpc) is 2.96. The number of thiazole rings is 1. The molecular formula is C15H22IN5O2S2. The van der Waals surface area contributed by atoms with Gasteiger partial charge in [-0.05, 0) is 31.0 Å². The van der Waals surface area contributed by atoms with E-state index < -0.39 is 10.0 Å². The van der Waals surface area contributed by atoms with Crippen molar-refractivity contribution in [3.05, 3.63) is 45.9 Å². The lowest BCUT2D eigenvalue weighted by molar-refractivity contribution is 0.598. The number of aromatic nitrogens is 1. The van der Waals surface area contributed by atoms with Crippen molar-refractivity contribution < 1.29 is 8.42 Å². The summed E-state index contributed by atoms with van der Waals surface area (Å²) in [7, 11) is -1.93. The van der Waals surface area contributed by atoms with Gasteiger partial charge in [0.05, 0.1) is 11.4 Å². The van der Waals surface area contributed by atoms with Gasteiger partial charge in [0, 0.05) is 24.7 Å². The first-order valence-electron chi connectivity index (χ1n) is 7.36. The predicted octanol–water partition coefficient (Wildman–Crippen LogP) is 1.62. The van der Waals surface area contributed by atoms with E-state index >= 15 is 0 Å². The van der Waals surface area contributed by atoms with E-state index in [9.17, 15) is 8.42 Å².